The Morgan fingerprint density at radius 1 is 1.29 bits per heavy atom. The molecule has 0 saturated heterocycles. The molecule has 0 aliphatic heterocycles. The predicted molar refractivity (Wildman–Crippen MR) is 77.4 cm³/mol. The Balaban J connectivity index is 2.30. The van der Waals surface area contributed by atoms with E-state index < -0.39 is 5.97 Å². The number of aryl methyl sites for hydroxylation is 1. The third-order valence-corrected chi connectivity index (χ3v) is 3.32. The third-order valence-electron chi connectivity index (χ3n) is 3.32. The zero-order valence-electron chi connectivity index (χ0n) is 11.3. The zero-order chi connectivity index (χ0) is 15.0. The number of aromatic nitrogens is 1. The van der Waals surface area contributed by atoms with Gasteiger partial charge in [-0.05, 0) is 12.5 Å². The van der Waals surface area contributed by atoms with Gasteiger partial charge in [-0.2, -0.15) is 0 Å². The van der Waals surface area contributed by atoms with Crippen molar-refractivity contribution in [2.24, 2.45) is 0 Å². The van der Waals surface area contributed by atoms with E-state index in [-0.39, 0.29) is 11.4 Å². The number of hydrogen-bond donors (Lipinski definition) is 2. The lowest BCUT2D eigenvalue weighted by molar-refractivity contribution is 0.0687. The lowest BCUT2D eigenvalue weighted by Crippen LogP contribution is -2.03. The van der Waals surface area contributed by atoms with Crippen LogP contribution in [-0.2, 0) is 6.42 Å². The smallest absolute Gasteiger partial charge is 0.358 e. The van der Waals surface area contributed by atoms with Crippen molar-refractivity contribution in [3.63, 3.8) is 0 Å². The SMILES string of the molecule is CCc1nc(C(=O)O)c(O)c2cc(-c3ccccc3)oc12. The summed E-state index contributed by atoms with van der Waals surface area (Å²) in [7, 11) is 0. The van der Waals surface area contributed by atoms with Crippen LogP contribution in [0.4, 0.5) is 0 Å². The largest absolute Gasteiger partial charge is 0.505 e. The minimum absolute atomic E-state index is 0.347. The van der Waals surface area contributed by atoms with E-state index in [4.69, 9.17) is 9.52 Å². The number of nitrogens with zero attached hydrogens (tertiary/aromatic N) is 1. The van der Waals surface area contributed by atoms with Gasteiger partial charge in [0.25, 0.3) is 0 Å². The molecule has 0 atom stereocenters. The van der Waals surface area contributed by atoms with E-state index in [0.29, 0.717) is 28.8 Å². The average Bonchev–Trinajstić information content (AvgIpc) is 2.94. The number of carboxylic acid groups (broad SMARTS) is 1. The number of carboxylic acids is 1. The van der Waals surface area contributed by atoms with E-state index >= 15 is 0 Å². The molecular formula is C16H13NO4. The summed E-state index contributed by atoms with van der Waals surface area (Å²) >= 11 is 0. The number of pyridine rings is 1. The van der Waals surface area contributed by atoms with Gasteiger partial charge in [0, 0.05) is 5.56 Å². The summed E-state index contributed by atoms with van der Waals surface area (Å²) in [6, 6.07) is 11.1. The highest BCUT2D eigenvalue weighted by atomic mass is 16.4. The molecular weight excluding hydrogens is 270 g/mol. The van der Waals surface area contributed by atoms with Gasteiger partial charge in [0.05, 0.1) is 11.1 Å². The predicted octanol–water partition coefficient (Wildman–Crippen LogP) is 3.46. The maximum Gasteiger partial charge on any atom is 0.358 e. The van der Waals surface area contributed by atoms with Crippen LogP contribution in [-0.4, -0.2) is 21.2 Å². The van der Waals surface area contributed by atoms with Gasteiger partial charge in [0.1, 0.15) is 5.76 Å². The molecule has 2 N–H and O–H groups in total. The van der Waals surface area contributed by atoms with E-state index in [0.717, 1.165) is 5.56 Å². The summed E-state index contributed by atoms with van der Waals surface area (Å²) < 4.78 is 5.78. The summed E-state index contributed by atoms with van der Waals surface area (Å²) in [5, 5.41) is 19.6. The maximum atomic E-state index is 11.2. The van der Waals surface area contributed by atoms with Crippen molar-refractivity contribution in [1.82, 2.24) is 4.98 Å². The Morgan fingerprint density at radius 3 is 2.62 bits per heavy atom. The van der Waals surface area contributed by atoms with Crippen molar-refractivity contribution in [2.45, 2.75) is 13.3 Å². The van der Waals surface area contributed by atoms with Crippen molar-refractivity contribution in [1.29, 1.82) is 0 Å². The van der Waals surface area contributed by atoms with E-state index in [1.165, 1.54) is 0 Å². The molecule has 0 spiro atoms. The molecule has 0 fully saturated rings. The molecule has 2 aromatic heterocycles. The van der Waals surface area contributed by atoms with Crippen LogP contribution in [0.2, 0.25) is 0 Å². The second-order valence-corrected chi connectivity index (χ2v) is 4.63. The van der Waals surface area contributed by atoms with Crippen LogP contribution in [0.5, 0.6) is 5.75 Å². The van der Waals surface area contributed by atoms with Gasteiger partial charge >= 0.3 is 5.97 Å². The van der Waals surface area contributed by atoms with Crippen molar-refractivity contribution in [2.75, 3.05) is 0 Å². The van der Waals surface area contributed by atoms with Gasteiger partial charge in [-0.15, -0.1) is 0 Å². The number of aromatic carboxylic acids is 1. The Morgan fingerprint density at radius 2 is 2.00 bits per heavy atom. The lowest BCUT2D eigenvalue weighted by atomic mass is 10.1. The van der Waals surface area contributed by atoms with Gasteiger partial charge in [-0.3, -0.25) is 0 Å². The molecule has 0 saturated carbocycles. The first kappa shape index (κ1) is 13.2. The Bertz CT molecular complexity index is 821. The number of hydrogen-bond acceptors (Lipinski definition) is 4. The first-order chi connectivity index (χ1) is 10.1. The number of benzene rings is 1. The highest BCUT2D eigenvalue weighted by Crippen LogP contribution is 2.36. The fourth-order valence-corrected chi connectivity index (χ4v) is 2.28. The molecule has 5 nitrogen and oxygen atoms in total. The van der Waals surface area contributed by atoms with Gasteiger partial charge in [0.2, 0.25) is 0 Å². The van der Waals surface area contributed by atoms with Gasteiger partial charge in [-0.1, -0.05) is 37.3 Å². The molecule has 0 aliphatic carbocycles. The molecule has 21 heavy (non-hydrogen) atoms. The second kappa shape index (κ2) is 4.94. The molecule has 5 heteroatoms. The van der Waals surface area contributed by atoms with Crippen LogP contribution in [0, 0.1) is 0 Å². The Kier molecular flexibility index (Phi) is 3.10. The summed E-state index contributed by atoms with van der Waals surface area (Å²) in [5.74, 6) is -1.05. The first-order valence-electron chi connectivity index (χ1n) is 6.56. The molecule has 0 unspecified atom stereocenters. The van der Waals surface area contributed by atoms with Crippen molar-refractivity contribution < 1.29 is 19.4 Å². The summed E-state index contributed by atoms with van der Waals surface area (Å²) in [4.78, 5) is 15.1. The standard InChI is InChI=1S/C16H13NO4/c1-2-11-15-10(14(18)13(17-11)16(19)20)8-12(21-15)9-6-4-3-5-7-9/h3-8,18H,2H2,1H3,(H,19,20). The molecule has 0 radical (unpaired) electrons. The Labute approximate surface area is 120 Å². The highest BCUT2D eigenvalue weighted by Gasteiger charge is 2.21. The maximum absolute atomic E-state index is 11.2. The molecule has 0 bridgehead atoms. The third kappa shape index (κ3) is 2.12. The fraction of sp³-hybridized carbons (Fsp3) is 0.125. The van der Waals surface area contributed by atoms with Crippen molar-refractivity contribution in [3.05, 3.63) is 47.8 Å². The molecule has 3 rings (SSSR count). The van der Waals surface area contributed by atoms with Crippen LogP contribution in [0.3, 0.4) is 0 Å². The van der Waals surface area contributed by atoms with E-state index in [9.17, 15) is 9.90 Å². The number of aromatic hydroxyl groups is 1. The lowest BCUT2D eigenvalue weighted by Gasteiger charge is -2.03. The van der Waals surface area contributed by atoms with Crippen LogP contribution in [0.25, 0.3) is 22.3 Å². The molecule has 0 aliphatic rings. The topological polar surface area (TPSA) is 83.6 Å². The van der Waals surface area contributed by atoms with Gasteiger partial charge in [0.15, 0.2) is 17.0 Å². The second-order valence-electron chi connectivity index (χ2n) is 4.63. The van der Waals surface area contributed by atoms with Gasteiger partial charge in [-0.25, -0.2) is 9.78 Å². The summed E-state index contributed by atoms with van der Waals surface area (Å²) in [6.45, 7) is 1.86. The average molecular weight is 283 g/mol. The Hall–Kier alpha value is -2.82. The zero-order valence-corrected chi connectivity index (χ0v) is 11.3. The summed E-state index contributed by atoms with van der Waals surface area (Å²) in [6.07, 6.45) is 0.513. The van der Waals surface area contributed by atoms with E-state index in [2.05, 4.69) is 4.98 Å². The number of carbonyl (C=O) groups is 1. The van der Waals surface area contributed by atoms with Crippen LogP contribution < -0.4 is 0 Å². The van der Waals surface area contributed by atoms with Crippen LogP contribution >= 0.6 is 0 Å². The first-order valence-corrected chi connectivity index (χ1v) is 6.56. The normalized spacial score (nSPS) is 10.9. The highest BCUT2D eigenvalue weighted by molar-refractivity contribution is 5.99. The van der Waals surface area contributed by atoms with E-state index in [1.807, 2.05) is 37.3 Å². The molecule has 2 heterocycles. The molecule has 106 valence electrons. The van der Waals surface area contributed by atoms with Crippen molar-refractivity contribution in [3.8, 4) is 17.1 Å². The molecule has 0 amide bonds. The minimum atomic E-state index is -1.26. The molecule has 1 aromatic carbocycles. The van der Waals surface area contributed by atoms with Crippen LogP contribution in [0.1, 0.15) is 23.1 Å². The molecule has 3 aromatic rings. The fourth-order valence-electron chi connectivity index (χ4n) is 2.28. The quantitative estimate of drug-likeness (QED) is 0.769. The van der Waals surface area contributed by atoms with Gasteiger partial charge < -0.3 is 14.6 Å². The summed E-state index contributed by atoms with van der Waals surface area (Å²) in [5.41, 5.74) is 1.45. The number of rotatable bonds is 3. The number of fused-ring (bicyclic) bond motifs is 1. The minimum Gasteiger partial charge on any atom is -0.505 e. The van der Waals surface area contributed by atoms with Crippen LogP contribution in [0.15, 0.2) is 40.8 Å². The van der Waals surface area contributed by atoms with Crippen molar-refractivity contribution >= 4 is 16.9 Å². The number of furan rings is 1. The monoisotopic (exact) mass is 283 g/mol. The van der Waals surface area contributed by atoms with E-state index in [1.54, 1.807) is 6.07 Å².